The van der Waals surface area contributed by atoms with Gasteiger partial charge in [-0.1, -0.05) is 0 Å². The molecule has 1 aromatic carbocycles. The summed E-state index contributed by atoms with van der Waals surface area (Å²) in [6.07, 6.45) is -1.11. The number of urea groups is 1. The van der Waals surface area contributed by atoms with Crippen LogP contribution in [0.1, 0.15) is 6.92 Å². The van der Waals surface area contributed by atoms with E-state index in [0.29, 0.717) is 12.2 Å². The number of aliphatic carboxylic acids is 1. The average Bonchev–Trinajstić information content (AvgIpc) is 2.42. The normalized spacial score (nSPS) is 11.8. The summed E-state index contributed by atoms with van der Waals surface area (Å²) in [7, 11) is 1.25. The number of hydrogen-bond donors (Lipinski definition) is 2. The maximum absolute atomic E-state index is 12.8. The van der Waals surface area contributed by atoms with Crippen LogP contribution in [0, 0.1) is 5.82 Å². The number of carboxylic acid groups (broad SMARTS) is 1. The van der Waals surface area contributed by atoms with Crippen LogP contribution in [-0.4, -0.2) is 43.4 Å². The Morgan fingerprint density at radius 1 is 1.40 bits per heavy atom. The van der Waals surface area contributed by atoms with Crippen molar-refractivity contribution in [2.45, 2.75) is 13.0 Å². The minimum atomic E-state index is -1.15. The summed E-state index contributed by atoms with van der Waals surface area (Å²) >= 11 is 0. The largest absolute Gasteiger partial charge is 0.479 e. The fourth-order valence-electron chi connectivity index (χ4n) is 1.61. The quantitative estimate of drug-likeness (QED) is 0.829. The molecule has 0 aliphatic rings. The Balaban J connectivity index is 2.68. The predicted octanol–water partition coefficient (Wildman–Crippen LogP) is 1.46. The number of halogens is 1. The van der Waals surface area contributed by atoms with E-state index in [0.717, 1.165) is 0 Å². The van der Waals surface area contributed by atoms with Gasteiger partial charge in [-0.3, -0.25) is 4.90 Å². The first-order valence-electron chi connectivity index (χ1n) is 6.06. The number of ether oxygens (including phenoxy) is 1. The first kappa shape index (κ1) is 15.9. The molecule has 0 aliphatic carbocycles. The fourth-order valence-corrected chi connectivity index (χ4v) is 1.61. The van der Waals surface area contributed by atoms with Crippen LogP contribution >= 0.6 is 0 Å². The number of amides is 2. The van der Waals surface area contributed by atoms with E-state index in [-0.39, 0.29) is 6.54 Å². The molecule has 6 nitrogen and oxygen atoms in total. The van der Waals surface area contributed by atoms with Crippen LogP contribution in [0.25, 0.3) is 0 Å². The molecule has 2 amide bonds. The molecule has 0 bridgehead atoms. The van der Waals surface area contributed by atoms with Crippen molar-refractivity contribution in [3.05, 3.63) is 30.1 Å². The Labute approximate surface area is 116 Å². The molecule has 110 valence electrons. The van der Waals surface area contributed by atoms with Gasteiger partial charge in [0.05, 0.1) is 6.54 Å². The lowest BCUT2D eigenvalue weighted by molar-refractivity contribution is -0.147. The molecule has 1 aromatic rings. The highest BCUT2D eigenvalue weighted by Gasteiger charge is 2.19. The Morgan fingerprint density at radius 2 is 2.00 bits per heavy atom. The standard InChI is InChI=1S/C13H17FN2O4/c1-3-16(10-6-4-9(14)5-7-10)13(19)15-8-11(20-2)12(17)18/h4-7,11H,3,8H2,1-2H3,(H,15,19)(H,17,18). The number of benzene rings is 1. The second-order valence-corrected chi connectivity index (χ2v) is 3.97. The SMILES string of the molecule is CCN(C(=O)NCC(OC)C(=O)O)c1ccc(F)cc1. The zero-order chi connectivity index (χ0) is 15.1. The number of carbonyl (C=O) groups excluding carboxylic acids is 1. The van der Waals surface area contributed by atoms with E-state index < -0.39 is 23.9 Å². The molecular weight excluding hydrogens is 267 g/mol. The molecule has 0 aliphatic heterocycles. The fraction of sp³-hybridized carbons (Fsp3) is 0.385. The summed E-state index contributed by atoms with van der Waals surface area (Å²) in [5, 5.41) is 11.3. The van der Waals surface area contributed by atoms with Gasteiger partial charge in [0.25, 0.3) is 0 Å². The second kappa shape index (κ2) is 7.44. The molecule has 7 heteroatoms. The Hall–Kier alpha value is -2.15. The van der Waals surface area contributed by atoms with Crippen LogP contribution in [0.3, 0.4) is 0 Å². The van der Waals surface area contributed by atoms with E-state index in [1.54, 1.807) is 6.92 Å². The first-order chi connectivity index (χ1) is 9.49. The highest BCUT2D eigenvalue weighted by Crippen LogP contribution is 2.14. The van der Waals surface area contributed by atoms with Crippen molar-refractivity contribution in [3.63, 3.8) is 0 Å². The zero-order valence-electron chi connectivity index (χ0n) is 11.3. The Bertz CT molecular complexity index is 464. The van der Waals surface area contributed by atoms with Gasteiger partial charge in [0.15, 0.2) is 6.10 Å². The lowest BCUT2D eigenvalue weighted by atomic mass is 10.3. The number of carboxylic acids is 1. The molecule has 0 spiro atoms. The third kappa shape index (κ3) is 4.20. The number of methoxy groups -OCH3 is 1. The molecular formula is C13H17FN2O4. The molecule has 0 saturated heterocycles. The van der Waals surface area contributed by atoms with Crippen LogP contribution in [-0.2, 0) is 9.53 Å². The van der Waals surface area contributed by atoms with Crippen molar-refractivity contribution in [1.82, 2.24) is 5.32 Å². The summed E-state index contributed by atoms with van der Waals surface area (Å²) < 4.78 is 17.6. The van der Waals surface area contributed by atoms with Crippen molar-refractivity contribution in [3.8, 4) is 0 Å². The van der Waals surface area contributed by atoms with E-state index in [4.69, 9.17) is 9.84 Å². The highest BCUT2D eigenvalue weighted by molar-refractivity contribution is 5.92. The predicted molar refractivity (Wildman–Crippen MR) is 71.3 cm³/mol. The van der Waals surface area contributed by atoms with Gasteiger partial charge in [0.2, 0.25) is 0 Å². The van der Waals surface area contributed by atoms with Crippen molar-refractivity contribution < 1.29 is 23.8 Å². The van der Waals surface area contributed by atoms with Gasteiger partial charge < -0.3 is 15.2 Å². The van der Waals surface area contributed by atoms with Crippen LogP contribution < -0.4 is 10.2 Å². The zero-order valence-corrected chi connectivity index (χ0v) is 11.3. The number of rotatable bonds is 6. The number of nitrogens with zero attached hydrogens (tertiary/aromatic N) is 1. The number of anilines is 1. The number of carbonyl (C=O) groups is 2. The van der Waals surface area contributed by atoms with Crippen LogP contribution in [0.2, 0.25) is 0 Å². The van der Waals surface area contributed by atoms with E-state index in [1.165, 1.54) is 36.3 Å². The van der Waals surface area contributed by atoms with E-state index >= 15 is 0 Å². The monoisotopic (exact) mass is 284 g/mol. The van der Waals surface area contributed by atoms with Crippen molar-refractivity contribution in [2.24, 2.45) is 0 Å². The van der Waals surface area contributed by atoms with E-state index in [9.17, 15) is 14.0 Å². The van der Waals surface area contributed by atoms with Crippen LogP contribution in [0.15, 0.2) is 24.3 Å². The minimum absolute atomic E-state index is 0.150. The average molecular weight is 284 g/mol. The molecule has 0 radical (unpaired) electrons. The third-order valence-corrected chi connectivity index (χ3v) is 2.70. The van der Waals surface area contributed by atoms with Gasteiger partial charge in [-0.15, -0.1) is 0 Å². The molecule has 0 fully saturated rings. The molecule has 1 unspecified atom stereocenters. The molecule has 1 rings (SSSR count). The topological polar surface area (TPSA) is 78.9 Å². The Kier molecular flexibility index (Phi) is 5.92. The van der Waals surface area contributed by atoms with Gasteiger partial charge >= 0.3 is 12.0 Å². The number of hydrogen-bond acceptors (Lipinski definition) is 3. The molecule has 20 heavy (non-hydrogen) atoms. The van der Waals surface area contributed by atoms with Crippen LogP contribution in [0.5, 0.6) is 0 Å². The molecule has 2 N–H and O–H groups in total. The lowest BCUT2D eigenvalue weighted by Crippen LogP contribution is -2.45. The number of nitrogens with one attached hydrogen (secondary N) is 1. The maximum atomic E-state index is 12.8. The summed E-state index contributed by atoms with van der Waals surface area (Å²) in [5.41, 5.74) is 0.524. The maximum Gasteiger partial charge on any atom is 0.334 e. The second-order valence-electron chi connectivity index (χ2n) is 3.97. The van der Waals surface area contributed by atoms with Crippen molar-refractivity contribution in [1.29, 1.82) is 0 Å². The van der Waals surface area contributed by atoms with Gasteiger partial charge in [-0.05, 0) is 31.2 Å². The summed E-state index contributed by atoms with van der Waals surface area (Å²) in [6.45, 7) is 1.97. The van der Waals surface area contributed by atoms with Gasteiger partial charge in [0.1, 0.15) is 5.82 Å². The summed E-state index contributed by atoms with van der Waals surface area (Å²) in [4.78, 5) is 24.1. The van der Waals surface area contributed by atoms with Gasteiger partial charge in [-0.2, -0.15) is 0 Å². The smallest absolute Gasteiger partial charge is 0.334 e. The molecule has 0 heterocycles. The lowest BCUT2D eigenvalue weighted by Gasteiger charge is -2.22. The first-order valence-corrected chi connectivity index (χ1v) is 6.06. The van der Waals surface area contributed by atoms with E-state index in [2.05, 4.69) is 5.32 Å². The van der Waals surface area contributed by atoms with Crippen molar-refractivity contribution in [2.75, 3.05) is 25.1 Å². The van der Waals surface area contributed by atoms with E-state index in [1.807, 2.05) is 0 Å². The van der Waals surface area contributed by atoms with Crippen LogP contribution in [0.4, 0.5) is 14.9 Å². The summed E-state index contributed by atoms with van der Waals surface area (Å²) in [5.74, 6) is -1.55. The van der Waals surface area contributed by atoms with Gasteiger partial charge in [-0.25, -0.2) is 14.0 Å². The molecule has 1 atom stereocenters. The van der Waals surface area contributed by atoms with Crippen molar-refractivity contribution >= 4 is 17.7 Å². The third-order valence-electron chi connectivity index (χ3n) is 2.70. The Morgan fingerprint density at radius 3 is 2.45 bits per heavy atom. The minimum Gasteiger partial charge on any atom is -0.479 e. The van der Waals surface area contributed by atoms with Gasteiger partial charge in [0, 0.05) is 19.3 Å². The summed E-state index contributed by atoms with van der Waals surface area (Å²) in [6, 6.07) is 4.98. The molecule has 0 aromatic heterocycles. The molecule has 0 saturated carbocycles. The highest BCUT2D eigenvalue weighted by atomic mass is 19.1.